The van der Waals surface area contributed by atoms with Crippen LogP contribution in [0.15, 0.2) is 59.8 Å². The van der Waals surface area contributed by atoms with Crippen LogP contribution < -0.4 is 11.2 Å². The summed E-state index contributed by atoms with van der Waals surface area (Å²) in [5.41, 5.74) is 5.70. The molecule has 4 rings (SSSR count). The van der Waals surface area contributed by atoms with Gasteiger partial charge >= 0.3 is 0 Å². The highest BCUT2D eigenvalue weighted by atomic mass is 16.1. The van der Waals surface area contributed by atoms with Crippen LogP contribution >= 0.6 is 0 Å². The number of benzene rings is 1. The molecule has 0 aliphatic carbocycles. The number of hydrogen-bond donors (Lipinski definition) is 3. The Balaban J connectivity index is 1.74. The van der Waals surface area contributed by atoms with Crippen LogP contribution in [-0.2, 0) is 6.42 Å². The second kappa shape index (κ2) is 6.24. The summed E-state index contributed by atoms with van der Waals surface area (Å²) in [5.74, 6) is 5.57. The number of fused-ring (bicyclic) bond motifs is 1. The van der Waals surface area contributed by atoms with Crippen LogP contribution in [0, 0.1) is 0 Å². The zero-order valence-corrected chi connectivity index (χ0v) is 13.5. The Bertz CT molecular complexity index is 959. The minimum Gasteiger partial charge on any atom is -0.358 e. The van der Waals surface area contributed by atoms with Crippen LogP contribution in [0.1, 0.15) is 27.3 Å². The number of carbonyl (C=O) groups excluding carboxylic acids is 1. The first-order chi connectivity index (χ1) is 12.3. The highest BCUT2D eigenvalue weighted by molar-refractivity contribution is 6.12. The third kappa shape index (κ3) is 2.78. The number of nitrogens with zero attached hydrogens (tertiary/aromatic N) is 2. The fourth-order valence-electron chi connectivity index (χ4n) is 3.06. The lowest BCUT2D eigenvalue weighted by Gasteiger charge is -2.11. The van der Waals surface area contributed by atoms with E-state index < -0.39 is 0 Å². The highest BCUT2D eigenvalue weighted by Crippen LogP contribution is 2.24. The monoisotopic (exact) mass is 331 g/mol. The highest BCUT2D eigenvalue weighted by Gasteiger charge is 2.20. The molecule has 0 bridgehead atoms. The molecule has 2 aromatic heterocycles. The number of hydrazone groups is 1. The topological polar surface area (TPSA) is 96.2 Å². The van der Waals surface area contributed by atoms with E-state index in [0.717, 1.165) is 28.9 Å². The Hall–Kier alpha value is -3.41. The van der Waals surface area contributed by atoms with Crippen molar-refractivity contribution < 1.29 is 4.79 Å². The van der Waals surface area contributed by atoms with E-state index in [1.165, 1.54) is 0 Å². The predicted octanol–water partition coefficient (Wildman–Crippen LogP) is 2.07. The molecule has 0 atom stereocenters. The maximum Gasteiger partial charge on any atom is 0.253 e. The van der Waals surface area contributed by atoms with E-state index in [1.807, 2.05) is 48.5 Å². The van der Waals surface area contributed by atoms with Gasteiger partial charge in [0.05, 0.1) is 11.3 Å². The maximum atomic E-state index is 12.0. The third-order valence-corrected chi connectivity index (χ3v) is 4.29. The predicted molar refractivity (Wildman–Crippen MR) is 96.3 cm³/mol. The van der Waals surface area contributed by atoms with Crippen molar-refractivity contribution in [1.82, 2.24) is 15.3 Å². The molecule has 3 heterocycles. The lowest BCUT2D eigenvalue weighted by molar-refractivity contribution is 0.0946. The average Bonchev–Trinajstić information content (AvgIpc) is 3.09. The number of nitrogens with one attached hydrogen (secondary N) is 2. The number of amides is 1. The minimum absolute atomic E-state index is 0.0356. The van der Waals surface area contributed by atoms with Crippen molar-refractivity contribution in [3.63, 3.8) is 0 Å². The quantitative estimate of drug-likeness (QED) is 0.389. The molecule has 0 fully saturated rings. The smallest absolute Gasteiger partial charge is 0.253 e. The van der Waals surface area contributed by atoms with Gasteiger partial charge in [-0.1, -0.05) is 30.3 Å². The van der Waals surface area contributed by atoms with Gasteiger partial charge in [0.2, 0.25) is 0 Å². The number of nitrogens with two attached hydrogens (primary N) is 1. The summed E-state index contributed by atoms with van der Waals surface area (Å²) in [6, 6.07) is 15.4. The van der Waals surface area contributed by atoms with Crippen molar-refractivity contribution in [1.29, 1.82) is 0 Å². The second-order valence-corrected chi connectivity index (χ2v) is 5.85. The summed E-state index contributed by atoms with van der Waals surface area (Å²) < 4.78 is 0. The van der Waals surface area contributed by atoms with Gasteiger partial charge in [0.15, 0.2) is 0 Å². The first-order valence-corrected chi connectivity index (χ1v) is 8.06. The van der Waals surface area contributed by atoms with Crippen molar-refractivity contribution in [2.75, 3.05) is 6.54 Å². The van der Waals surface area contributed by atoms with Crippen molar-refractivity contribution in [3.8, 4) is 11.3 Å². The van der Waals surface area contributed by atoms with E-state index in [0.29, 0.717) is 23.5 Å². The molecule has 25 heavy (non-hydrogen) atoms. The zero-order valence-electron chi connectivity index (χ0n) is 13.5. The minimum atomic E-state index is -0.0356. The first kappa shape index (κ1) is 15.1. The van der Waals surface area contributed by atoms with Crippen LogP contribution in [-0.4, -0.2) is 28.1 Å². The van der Waals surface area contributed by atoms with Crippen molar-refractivity contribution in [2.24, 2.45) is 10.9 Å². The molecule has 124 valence electrons. The molecule has 0 radical (unpaired) electrons. The number of carbonyl (C=O) groups is 1. The van der Waals surface area contributed by atoms with Gasteiger partial charge in [0.25, 0.3) is 5.91 Å². The van der Waals surface area contributed by atoms with E-state index in [2.05, 4.69) is 20.4 Å². The van der Waals surface area contributed by atoms with Crippen molar-refractivity contribution in [3.05, 3.63) is 77.2 Å². The molecule has 3 aromatic rings. The molecular formula is C19H17N5O. The molecule has 1 aliphatic rings. The Labute approximate surface area is 144 Å². The lowest BCUT2D eigenvalue weighted by Crippen LogP contribution is -2.31. The SMILES string of the molecule is N/N=C(\c1ccccc1)c1cc(-c2cc3c([nH]2)CCNC3=O)ccn1. The van der Waals surface area contributed by atoms with Gasteiger partial charge < -0.3 is 16.1 Å². The number of H-pyrrole nitrogens is 1. The van der Waals surface area contributed by atoms with Crippen LogP contribution in [0.25, 0.3) is 11.3 Å². The van der Waals surface area contributed by atoms with E-state index in [4.69, 9.17) is 5.84 Å². The molecule has 1 aromatic carbocycles. The summed E-state index contributed by atoms with van der Waals surface area (Å²) in [5, 5.41) is 6.78. The Kier molecular flexibility index (Phi) is 3.78. The molecule has 1 aliphatic heterocycles. The molecule has 0 unspecified atom stereocenters. The zero-order chi connectivity index (χ0) is 17.2. The fraction of sp³-hybridized carbons (Fsp3) is 0.105. The normalized spacial score (nSPS) is 14.1. The fourth-order valence-corrected chi connectivity index (χ4v) is 3.06. The van der Waals surface area contributed by atoms with Crippen LogP contribution in [0.5, 0.6) is 0 Å². The maximum absolute atomic E-state index is 12.0. The average molecular weight is 331 g/mol. The number of aromatic nitrogens is 2. The van der Waals surface area contributed by atoms with Gasteiger partial charge in [-0.25, -0.2) is 0 Å². The molecule has 4 N–H and O–H groups in total. The molecular weight excluding hydrogens is 314 g/mol. The number of hydrogen-bond acceptors (Lipinski definition) is 4. The number of pyridine rings is 1. The first-order valence-electron chi connectivity index (χ1n) is 8.06. The summed E-state index contributed by atoms with van der Waals surface area (Å²) in [4.78, 5) is 19.7. The number of aromatic amines is 1. The molecule has 6 nitrogen and oxygen atoms in total. The van der Waals surface area contributed by atoms with E-state index in [-0.39, 0.29) is 5.91 Å². The van der Waals surface area contributed by atoms with Crippen LogP contribution in [0.3, 0.4) is 0 Å². The van der Waals surface area contributed by atoms with Crippen LogP contribution in [0.2, 0.25) is 0 Å². The van der Waals surface area contributed by atoms with Gasteiger partial charge in [-0.15, -0.1) is 0 Å². The molecule has 0 spiro atoms. The van der Waals surface area contributed by atoms with Gasteiger partial charge in [-0.3, -0.25) is 9.78 Å². The summed E-state index contributed by atoms with van der Waals surface area (Å²) in [6.45, 7) is 0.658. The van der Waals surface area contributed by atoms with Gasteiger partial charge in [0.1, 0.15) is 5.71 Å². The largest absolute Gasteiger partial charge is 0.358 e. The molecule has 1 amide bonds. The van der Waals surface area contributed by atoms with E-state index in [9.17, 15) is 4.79 Å². The Morgan fingerprint density at radius 3 is 2.76 bits per heavy atom. The van der Waals surface area contributed by atoms with Crippen LogP contribution in [0.4, 0.5) is 0 Å². The van der Waals surface area contributed by atoms with Gasteiger partial charge in [0, 0.05) is 41.7 Å². The molecule has 0 saturated carbocycles. The summed E-state index contributed by atoms with van der Waals surface area (Å²) in [6.07, 6.45) is 2.53. The molecule has 6 heteroatoms. The Morgan fingerprint density at radius 1 is 1.16 bits per heavy atom. The Morgan fingerprint density at radius 2 is 2.00 bits per heavy atom. The summed E-state index contributed by atoms with van der Waals surface area (Å²) >= 11 is 0. The number of rotatable bonds is 3. The van der Waals surface area contributed by atoms with E-state index in [1.54, 1.807) is 6.20 Å². The van der Waals surface area contributed by atoms with Crippen molar-refractivity contribution in [2.45, 2.75) is 6.42 Å². The van der Waals surface area contributed by atoms with E-state index >= 15 is 0 Å². The van der Waals surface area contributed by atoms with Gasteiger partial charge in [-0.2, -0.15) is 5.10 Å². The second-order valence-electron chi connectivity index (χ2n) is 5.85. The van der Waals surface area contributed by atoms with Crippen molar-refractivity contribution >= 4 is 11.6 Å². The third-order valence-electron chi connectivity index (χ3n) is 4.29. The summed E-state index contributed by atoms with van der Waals surface area (Å²) in [7, 11) is 0. The molecule has 0 saturated heterocycles. The standard InChI is InChI=1S/C19H17N5O/c20-24-18(12-4-2-1-3-5-12)17-10-13(6-8-21-17)16-11-14-15(23-16)7-9-22-19(14)25/h1-6,8,10-11,23H,7,9,20H2,(H,22,25)/b24-18+. The van der Waals surface area contributed by atoms with Gasteiger partial charge in [-0.05, 0) is 18.2 Å². The lowest BCUT2D eigenvalue weighted by atomic mass is 10.0.